The van der Waals surface area contributed by atoms with Gasteiger partial charge < -0.3 is 10.6 Å². The van der Waals surface area contributed by atoms with Crippen molar-refractivity contribution < 1.29 is 4.79 Å². The fraction of sp³-hybridized carbons (Fsp3) is 0.500. The van der Waals surface area contributed by atoms with Gasteiger partial charge in [0.1, 0.15) is 0 Å². The van der Waals surface area contributed by atoms with E-state index in [1.807, 2.05) is 24.3 Å². The van der Waals surface area contributed by atoms with Crippen LogP contribution in [0.25, 0.3) is 0 Å². The largest absolute Gasteiger partial charge is 0.317 e. The number of carbonyl (C=O) groups excluding carboxylic acids is 1. The van der Waals surface area contributed by atoms with Crippen LogP contribution in [0, 0.1) is 0 Å². The van der Waals surface area contributed by atoms with E-state index in [0.29, 0.717) is 6.04 Å². The molecule has 0 saturated carbocycles. The van der Waals surface area contributed by atoms with Gasteiger partial charge in [-0.05, 0) is 38.4 Å². The number of carbonyl (C=O) groups is 1. The Labute approximate surface area is 103 Å². The number of benzene rings is 1. The van der Waals surface area contributed by atoms with Gasteiger partial charge in [-0.2, -0.15) is 0 Å². The van der Waals surface area contributed by atoms with E-state index in [1.165, 1.54) is 18.4 Å². The summed E-state index contributed by atoms with van der Waals surface area (Å²) in [6.07, 6.45) is 2.40. The van der Waals surface area contributed by atoms with Gasteiger partial charge in [-0.1, -0.05) is 24.3 Å². The van der Waals surface area contributed by atoms with Gasteiger partial charge in [-0.25, -0.2) is 0 Å². The van der Waals surface area contributed by atoms with E-state index in [-0.39, 0.29) is 5.78 Å². The molecular weight excluding hydrogens is 212 g/mol. The first-order valence-electron chi connectivity index (χ1n) is 6.29. The molecule has 0 spiro atoms. The predicted molar refractivity (Wildman–Crippen MR) is 69.2 cm³/mol. The summed E-state index contributed by atoms with van der Waals surface area (Å²) in [6.45, 7) is 4.72. The lowest BCUT2D eigenvalue weighted by molar-refractivity contribution is 0.101. The van der Waals surface area contributed by atoms with E-state index in [9.17, 15) is 4.79 Å². The number of nitrogens with one attached hydrogen (secondary N) is 2. The van der Waals surface area contributed by atoms with E-state index in [2.05, 4.69) is 10.6 Å². The molecule has 0 aromatic heterocycles. The van der Waals surface area contributed by atoms with Crippen molar-refractivity contribution in [3.8, 4) is 0 Å². The minimum absolute atomic E-state index is 0.128. The molecule has 1 aliphatic rings. The van der Waals surface area contributed by atoms with Crippen LogP contribution in [-0.4, -0.2) is 24.9 Å². The summed E-state index contributed by atoms with van der Waals surface area (Å²) in [7, 11) is 0. The van der Waals surface area contributed by atoms with Crippen molar-refractivity contribution in [1.29, 1.82) is 0 Å². The number of rotatable bonds is 4. The lowest BCUT2D eigenvalue weighted by Gasteiger charge is -2.23. The molecule has 92 valence electrons. The van der Waals surface area contributed by atoms with Crippen LogP contribution in [0.4, 0.5) is 0 Å². The molecule has 3 nitrogen and oxygen atoms in total. The number of hydrogen-bond donors (Lipinski definition) is 2. The zero-order valence-electron chi connectivity index (χ0n) is 10.3. The van der Waals surface area contributed by atoms with Gasteiger partial charge in [-0.15, -0.1) is 0 Å². The third-order valence-corrected chi connectivity index (χ3v) is 3.29. The maximum atomic E-state index is 11.1. The van der Waals surface area contributed by atoms with Gasteiger partial charge in [0.05, 0.1) is 0 Å². The zero-order valence-corrected chi connectivity index (χ0v) is 10.3. The minimum atomic E-state index is 0.128. The highest BCUT2D eigenvalue weighted by molar-refractivity contribution is 5.93. The van der Waals surface area contributed by atoms with Crippen LogP contribution in [0.2, 0.25) is 0 Å². The van der Waals surface area contributed by atoms with Crippen molar-refractivity contribution in [2.75, 3.05) is 13.1 Å². The fourth-order valence-electron chi connectivity index (χ4n) is 2.15. The van der Waals surface area contributed by atoms with Crippen molar-refractivity contribution in [2.24, 2.45) is 0 Å². The van der Waals surface area contributed by atoms with Crippen molar-refractivity contribution in [3.05, 3.63) is 35.4 Å². The van der Waals surface area contributed by atoms with Crippen LogP contribution in [0.15, 0.2) is 24.3 Å². The third-order valence-electron chi connectivity index (χ3n) is 3.29. The predicted octanol–water partition coefficient (Wildman–Crippen LogP) is 1.73. The Bertz CT molecular complexity index is 366. The molecule has 1 saturated heterocycles. The van der Waals surface area contributed by atoms with Gasteiger partial charge in [0.15, 0.2) is 5.78 Å². The van der Waals surface area contributed by atoms with Crippen LogP contribution in [0.1, 0.15) is 35.7 Å². The molecule has 2 rings (SSSR count). The molecule has 17 heavy (non-hydrogen) atoms. The average Bonchev–Trinajstić information content (AvgIpc) is 2.38. The Morgan fingerprint density at radius 3 is 2.53 bits per heavy atom. The summed E-state index contributed by atoms with van der Waals surface area (Å²) in [4.78, 5) is 11.1. The Hall–Kier alpha value is -1.19. The molecule has 0 unspecified atom stereocenters. The maximum absolute atomic E-state index is 11.1. The van der Waals surface area contributed by atoms with Crippen molar-refractivity contribution in [1.82, 2.24) is 10.6 Å². The second-order valence-electron chi connectivity index (χ2n) is 4.66. The van der Waals surface area contributed by atoms with E-state index in [4.69, 9.17) is 0 Å². The van der Waals surface area contributed by atoms with E-state index < -0.39 is 0 Å². The highest BCUT2D eigenvalue weighted by Gasteiger charge is 2.11. The van der Waals surface area contributed by atoms with Crippen LogP contribution < -0.4 is 10.6 Å². The fourth-order valence-corrected chi connectivity index (χ4v) is 2.15. The minimum Gasteiger partial charge on any atom is -0.317 e. The molecule has 3 heteroatoms. The van der Waals surface area contributed by atoms with Gasteiger partial charge in [0.25, 0.3) is 0 Å². The molecule has 1 heterocycles. The standard InChI is InChI=1S/C14H20N2O/c1-11(17)13-4-2-12(3-5-13)10-16-14-6-8-15-9-7-14/h2-5,14-16H,6-10H2,1H3. The second kappa shape index (κ2) is 5.94. The first-order valence-corrected chi connectivity index (χ1v) is 6.29. The Balaban J connectivity index is 1.84. The van der Waals surface area contributed by atoms with Crippen molar-refractivity contribution in [3.63, 3.8) is 0 Å². The summed E-state index contributed by atoms with van der Waals surface area (Å²) < 4.78 is 0. The number of Topliss-reactive ketones (excluding diaryl/α,β-unsaturated/α-hetero) is 1. The number of piperidine rings is 1. The molecule has 0 atom stereocenters. The molecular formula is C14H20N2O. The number of hydrogen-bond acceptors (Lipinski definition) is 3. The SMILES string of the molecule is CC(=O)c1ccc(CNC2CCNCC2)cc1. The zero-order chi connectivity index (χ0) is 12.1. The van der Waals surface area contributed by atoms with E-state index in [0.717, 1.165) is 25.2 Å². The van der Waals surface area contributed by atoms with Crippen LogP contribution in [-0.2, 0) is 6.54 Å². The molecule has 1 aromatic rings. The van der Waals surface area contributed by atoms with Crippen LogP contribution >= 0.6 is 0 Å². The highest BCUT2D eigenvalue weighted by atomic mass is 16.1. The molecule has 1 aromatic carbocycles. The molecule has 1 fully saturated rings. The summed E-state index contributed by atoms with van der Waals surface area (Å²) in [6, 6.07) is 8.50. The second-order valence-corrected chi connectivity index (χ2v) is 4.66. The van der Waals surface area contributed by atoms with Crippen molar-refractivity contribution in [2.45, 2.75) is 32.4 Å². The van der Waals surface area contributed by atoms with Crippen LogP contribution in [0.5, 0.6) is 0 Å². The third kappa shape index (κ3) is 3.65. The smallest absolute Gasteiger partial charge is 0.159 e. The Kier molecular flexibility index (Phi) is 4.29. The molecule has 0 radical (unpaired) electrons. The van der Waals surface area contributed by atoms with Crippen LogP contribution in [0.3, 0.4) is 0 Å². The lowest BCUT2D eigenvalue weighted by Crippen LogP contribution is -2.39. The molecule has 0 amide bonds. The summed E-state index contributed by atoms with van der Waals surface area (Å²) >= 11 is 0. The first kappa shape index (κ1) is 12.3. The van der Waals surface area contributed by atoms with Gasteiger partial charge in [0.2, 0.25) is 0 Å². The monoisotopic (exact) mass is 232 g/mol. The average molecular weight is 232 g/mol. The van der Waals surface area contributed by atoms with Gasteiger partial charge in [0, 0.05) is 18.2 Å². The molecule has 2 N–H and O–H groups in total. The van der Waals surface area contributed by atoms with E-state index in [1.54, 1.807) is 6.92 Å². The lowest BCUT2D eigenvalue weighted by atomic mass is 10.1. The highest BCUT2D eigenvalue weighted by Crippen LogP contribution is 2.07. The topological polar surface area (TPSA) is 41.1 Å². The summed E-state index contributed by atoms with van der Waals surface area (Å²) in [5.74, 6) is 0.128. The van der Waals surface area contributed by atoms with Gasteiger partial charge >= 0.3 is 0 Å². The van der Waals surface area contributed by atoms with E-state index >= 15 is 0 Å². The molecule has 1 aliphatic heterocycles. The normalized spacial score (nSPS) is 17.0. The Morgan fingerprint density at radius 1 is 1.29 bits per heavy atom. The quantitative estimate of drug-likeness (QED) is 0.777. The first-order chi connectivity index (χ1) is 8.25. The number of ketones is 1. The van der Waals surface area contributed by atoms with Crippen molar-refractivity contribution >= 4 is 5.78 Å². The molecule has 0 aliphatic carbocycles. The molecule has 0 bridgehead atoms. The maximum Gasteiger partial charge on any atom is 0.159 e. The summed E-state index contributed by atoms with van der Waals surface area (Å²) in [5.41, 5.74) is 2.03. The summed E-state index contributed by atoms with van der Waals surface area (Å²) in [5, 5.41) is 6.92. The van der Waals surface area contributed by atoms with Gasteiger partial charge in [-0.3, -0.25) is 4.79 Å². The Morgan fingerprint density at radius 2 is 1.94 bits per heavy atom.